The number of hydrogen-bond donors (Lipinski definition) is 1. The van der Waals surface area contributed by atoms with Crippen molar-refractivity contribution in [3.63, 3.8) is 0 Å². The Kier molecular flexibility index (Phi) is 9.47. The maximum Gasteiger partial charge on any atom is 0.447 e. The van der Waals surface area contributed by atoms with Crippen LogP contribution >= 0.6 is 39.8 Å². The Hall–Kier alpha value is -2.64. The van der Waals surface area contributed by atoms with Crippen LogP contribution in [0.25, 0.3) is 0 Å². The fraction of sp³-hybridized carbons (Fsp3) is 0.158. The summed E-state index contributed by atoms with van der Waals surface area (Å²) < 4.78 is 30.4. The Bertz CT molecular complexity index is 1020. The molecule has 13 heteroatoms. The zero-order valence-electron chi connectivity index (χ0n) is 17.0. The Labute approximate surface area is 199 Å². The molecule has 2 rings (SSSR count). The minimum absolute atomic E-state index is 0.265. The van der Waals surface area contributed by atoms with Gasteiger partial charge in [0.05, 0.1) is 17.8 Å². The number of oxime groups is 1. The molecular weight excluding hydrogens is 530 g/mol. The first-order chi connectivity index (χ1) is 15.1. The summed E-state index contributed by atoms with van der Waals surface area (Å²) in [6.07, 6.45) is 0.852. The molecule has 0 fully saturated rings. The summed E-state index contributed by atoms with van der Waals surface area (Å²) in [6.45, 7) is 1.64. The molecule has 32 heavy (non-hydrogen) atoms. The van der Waals surface area contributed by atoms with Crippen LogP contribution in [0.5, 0.6) is 0 Å². The highest BCUT2D eigenvalue weighted by Crippen LogP contribution is 2.27. The number of thioether (sulfide) groups is 1. The number of anilines is 1. The lowest BCUT2D eigenvalue weighted by atomic mass is 10.2. The predicted molar refractivity (Wildman–Crippen MR) is 124 cm³/mol. The molecule has 2 aromatic carbocycles. The van der Waals surface area contributed by atoms with Crippen molar-refractivity contribution >= 4 is 68.6 Å². The zero-order valence-corrected chi connectivity index (χ0v) is 20.2. The van der Waals surface area contributed by atoms with Crippen molar-refractivity contribution in [3.8, 4) is 0 Å². The maximum atomic E-state index is 13.9. The van der Waals surface area contributed by atoms with E-state index in [9.17, 15) is 23.2 Å². The first-order valence-corrected chi connectivity index (χ1v) is 11.4. The second kappa shape index (κ2) is 11.8. The molecule has 4 amide bonds. The third-order valence-corrected chi connectivity index (χ3v) is 5.79. The Balaban J connectivity index is 2.25. The lowest BCUT2D eigenvalue weighted by molar-refractivity contribution is 0.0958. The van der Waals surface area contributed by atoms with Gasteiger partial charge in [-0.1, -0.05) is 27.2 Å². The topological polar surface area (TPSA) is 91.3 Å². The monoisotopic (exact) mass is 546 g/mol. The summed E-state index contributed by atoms with van der Waals surface area (Å²) in [5.41, 5.74) is -0.641. The third-order valence-electron chi connectivity index (χ3n) is 3.66. The summed E-state index contributed by atoms with van der Waals surface area (Å²) in [5, 5.41) is 6.04. The van der Waals surface area contributed by atoms with Crippen LogP contribution in [0, 0.1) is 11.6 Å². The second-order valence-electron chi connectivity index (χ2n) is 5.88. The first kappa shape index (κ1) is 25.6. The molecule has 170 valence electrons. The van der Waals surface area contributed by atoms with Crippen molar-refractivity contribution in [2.45, 2.75) is 6.92 Å². The summed E-state index contributed by atoms with van der Waals surface area (Å²) in [4.78, 5) is 42.1. The van der Waals surface area contributed by atoms with E-state index in [1.807, 2.05) is 5.32 Å². The van der Waals surface area contributed by atoms with E-state index in [1.165, 1.54) is 30.9 Å². The van der Waals surface area contributed by atoms with Crippen LogP contribution in [0.3, 0.4) is 0 Å². The molecule has 0 saturated heterocycles. The number of carbonyl (C=O) groups excluding carboxylic acids is 3. The van der Waals surface area contributed by atoms with Crippen LogP contribution in [0.4, 0.5) is 24.1 Å². The number of halogens is 3. The van der Waals surface area contributed by atoms with Crippen molar-refractivity contribution < 1.29 is 28.0 Å². The summed E-state index contributed by atoms with van der Waals surface area (Å²) in [5.74, 6) is -3.53. The molecule has 0 radical (unpaired) electrons. The number of imide groups is 1. The molecule has 0 unspecified atom stereocenters. The number of nitrogens with zero attached hydrogens (tertiary/aromatic N) is 3. The Morgan fingerprint density at radius 3 is 2.25 bits per heavy atom. The maximum absolute atomic E-state index is 13.9. The van der Waals surface area contributed by atoms with Gasteiger partial charge >= 0.3 is 12.1 Å². The van der Waals surface area contributed by atoms with Crippen LogP contribution in [-0.2, 0) is 4.84 Å². The molecule has 0 spiro atoms. The minimum Gasteiger partial charge on any atom is -0.296 e. The van der Waals surface area contributed by atoms with Crippen molar-refractivity contribution in [2.75, 3.05) is 17.6 Å². The summed E-state index contributed by atoms with van der Waals surface area (Å²) in [6, 6.07) is 8.14. The van der Waals surface area contributed by atoms with E-state index in [0.717, 1.165) is 26.8 Å². The van der Waals surface area contributed by atoms with Crippen molar-refractivity contribution in [1.82, 2.24) is 9.62 Å². The molecule has 2 aromatic rings. The van der Waals surface area contributed by atoms with Crippen molar-refractivity contribution in [3.05, 3.63) is 64.1 Å². The number of amides is 4. The number of urea groups is 1. The molecular formula is C19H17BrF2N4O4S2. The highest BCUT2D eigenvalue weighted by atomic mass is 79.9. The second-order valence-corrected chi connectivity index (χ2v) is 8.87. The average Bonchev–Trinajstić information content (AvgIpc) is 2.75. The van der Waals surface area contributed by atoms with Gasteiger partial charge in [-0.2, -0.15) is 0 Å². The SMILES string of the molecule is CS/C(C)=N/OC(=O)N(C)SN(C(=O)NC(=O)c1c(F)cccc1F)c1ccc(Br)cc1. The lowest BCUT2D eigenvalue weighted by Gasteiger charge is -2.25. The predicted octanol–water partition coefficient (Wildman–Crippen LogP) is 5.41. The van der Waals surface area contributed by atoms with E-state index >= 15 is 0 Å². The molecule has 0 atom stereocenters. The van der Waals surface area contributed by atoms with Crippen LogP contribution in [0.15, 0.2) is 52.1 Å². The molecule has 0 heterocycles. The summed E-state index contributed by atoms with van der Waals surface area (Å²) in [7, 11) is 1.31. The lowest BCUT2D eigenvalue weighted by Crippen LogP contribution is -2.42. The average molecular weight is 547 g/mol. The third kappa shape index (κ3) is 6.93. The largest absolute Gasteiger partial charge is 0.447 e. The first-order valence-electron chi connectivity index (χ1n) is 8.70. The molecule has 1 N–H and O–H groups in total. The summed E-state index contributed by atoms with van der Waals surface area (Å²) >= 11 is 5.11. The molecule has 8 nitrogen and oxygen atoms in total. The van der Waals surface area contributed by atoms with E-state index < -0.39 is 35.2 Å². The number of rotatable bonds is 5. The van der Waals surface area contributed by atoms with Crippen molar-refractivity contribution in [2.24, 2.45) is 5.16 Å². The van der Waals surface area contributed by atoms with Crippen LogP contribution in [0.1, 0.15) is 17.3 Å². The van der Waals surface area contributed by atoms with Gasteiger partial charge in [0, 0.05) is 11.5 Å². The van der Waals surface area contributed by atoms with Gasteiger partial charge in [0.25, 0.3) is 5.91 Å². The van der Waals surface area contributed by atoms with Gasteiger partial charge in [-0.05, 0) is 49.6 Å². The van der Waals surface area contributed by atoms with Gasteiger partial charge in [0.1, 0.15) is 22.2 Å². The highest BCUT2D eigenvalue weighted by Gasteiger charge is 2.27. The minimum atomic E-state index is -1.28. The molecule has 0 saturated carbocycles. The van der Waals surface area contributed by atoms with E-state index in [0.29, 0.717) is 21.7 Å². The van der Waals surface area contributed by atoms with Gasteiger partial charge in [0.15, 0.2) is 0 Å². The molecule has 0 aliphatic rings. The highest BCUT2D eigenvalue weighted by molar-refractivity contribution is 9.10. The van der Waals surface area contributed by atoms with Gasteiger partial charge in [-0.15, -0.1) is 11.8 Å². The number of carbonyl (C=O) groups is 3. The van der Waals surface area contributed by atoms with Gasteiger partial charge in [-0.25, -0.2) is 27.0 Å². The van der Waals surface area contributed by atoms with Crippen LogP contribution in [0.2, 0.25) is 0 Å². The van der Waals surface area contributed by atoms with E-state index in [2.05, 4.69) is 21.1 Å². The normalized spacial score (nSPS) is 11.0. The van der Waals surface area contributed by atoms with Crippen LogP contribution < -0.4 is 9.62 Å². The molecule has 0 aromatic heterocycles. The fourth-order valence-corrected chi connectivity index (χ4v) is 3.11. The number of hydrogen-bond acceptors (Lipinski definition) is 7. The standard InChI is InChI=1S/C19H17BrF2N4O4S2/c1-11(31-3)24-30-19(29)25(2)32-26(13-9-7-12(20)8-10-13)18(28)23-17(27)16-14(21)5-4-6-15(16)22/h4-10H,1-3H3,(H,23,27,28)/b24-11+. The fourth-order valence-electron chi connectivity index (χ4n) is 2.06. The Morgan fingerprint density at radius 1 is 1.09 bits per heavy atom. The Morgan fingerprint density at radius 2 is 1.69 bits per heavy atom. The quantitative estimate of drug-likeness (QED) is 0.177. The van der Waals surface area contributed by atoms with E-state index in [-0.39, 0.29) is 5.69 Å². The zero-order chi connectivity index (χ0) is 23.8. The molecule has 0 bridgehead atoms. The molecule has 0 aliphatic heterocycles. The smallest absolute Gasteiger partial charge is 0.296 e. The van der Waals surface area contributed by atoms with E-state index in [4.69, 9.17) is 4.84 Å². The van der Waals surface area contributed by atoms with Gasteiger partial charge in [0.2, 0.25) is 0 Å². The van der Waals surface area contributed by atoms with Gasteiger partial charge < -0.3 is 0 Å². The van der Waals surface area contributed by atoms with E-state index in [1.54, 1.807) is 25.3 Å². The molecule has 0 aliphatic carbocycles. The number of nitrogens with one attached hydrogen (secondary N) is 1. The van der Waals surface area contributed by atoms with Gasteiger partial charge in [-0.3, -0.25) is 14.9 Å². The number of benzene rings is 2. The van der Waals surface area contributed by atoms with Crippen molar-refractivity contribution in [1.29, 1.82) is 0 Å². The van der Waals surface area contributed by atoms with Crippen LogP contribution in [-0.4, -0.2) is 40.7 Å².